The van der Waals surface area contributed by atoms with E-state index in [4.69, 9.17) is 5.73 Å². The third kappa shape index (κ3) is 3.26. The zero-order valence-electron chi connectivity index (χ0n) is 10.4. The lowest BCUT2D eigenvalue weighted by molar-refractivity contribution is 1.01. The molecule has 0 heterocycles. The number of hydrogen-bond acceptors (Lipinski definition) is 2. The molecule has 0 aliphatic heterocycles. The standard InChI is InChI=1S/C15H17BrN2/c1-11-6-7-14(17)15(10-11)18-9-8-12-4-2-3-5-13(12)16/h2-7,10,18H,8-9,17H2,1H3. The van der Waals surface area contributed by atoms with Gasteiger partial charge >= 0.3 is 0 Å². The van der Waals surface area contributed by atoms with Gasteiger partial charge < -0.3 is 11.1 Å². The third-order valence-electron chi connectivity index (χ3n) is 2.88. The number of hydrogen-bond donors (Lipinski definition) is 2. The number of nitrogen functional groups attached to an aromatic ring is 1. The second-order valence-corrected chi connectivity index (χ2v) is 5.21. The highest BCUT2D eigenvalue weighted by atomic mass is 79.9. The number of halogens is 1. The second-order valence-electron chi connectivity index (χ2n) is 4.36. The van der Waals surface area contributed by atoms with Crippen molar-refractivity contribution in [1.29, 1.82) is 0 Å². The first-order valence-electron chi connectivity index (χ1n) is 6.00. The van der Waals surface area contributed by atoms with Crippen LogP contribution in [0.4, 0.5) is 11.4 Å². The summed E-state index contributed by atoms with van der Waals surface area (Å²) in [4.78, 5) is 0. The van der Waals surface area contributed by atoms with Crippen molar-refractivity contribution in [2.24, 2.45) is 0 Å². The summed E-state index contributed by atoms with van der Waals surface area (Å²) in [7, 11) is 0. The highest BCUT2D eigenvalue weighted by Gasteiger charge is 2.01. The third-order valence-corrected chi connectivity index (χ3v) is 3.65. The Morgan fingerprint density at radius 1 is 1.17 bits per heavy atom. The number of nitrogens with one attached hydrogen (secondary N) is 1. The normalized spacial score (nSPS) is 10.3. The molecule has 0 saturated carbocycles. The molecule has 0 saturated heterocycles. The van der Waals surface area contributed by atoms with Gasteiger partial charge in [-0.1, -0.05) is 40.2 Å². The van der Waals surface area contributed by atoms with Crippen molar-refractivity contribution in [3.8, 4) is 0 Å². The Kier molecular flexibility index (Phi) is 4.26. The summed E-state index contributed by atoms with van der Waals surface area (Å²) in [5, 5.41) is 3.38. The molecule has 94 valence electrons. The van der Waals surface area contributed by atoms with Gasteiger partial charge in [0.2, 0.25) is 0 Å². The Morgan fingerprint density at radius 2 is 1.94 bits per heavy atom. The van der Waals surface area contributed by atoms with E-state index in [9.17, 15) is 0 Å². The molecular formula is C15H17BrN2. The van der Waals surface area contributed by atoms with Gasteiger partial charge in [-0.05, 0) is 42.7 Å². The van der Waals surface area contributed by atoms with Crippen LogP contribution in [0, 0.1) is 6.92 Å². The number of nitrogens with two attached hydrogens (primary N) is 1. The first-order chi connectivity index (χ1) is 8.66. The van der Waals surface area contributed by atoms with Gasteiger partial charge in [0.25, 0.3) is 0 Å². The Bertz CT molecular complexity index is 538. The molecule has 0 fully saturated rings. The molecule has 18 heavy (non-hydrogen) atoms. The van der Waals surface area contributed by atoms with E-state index in [1.54, 1.807) is 0 Å². The van der Waals surface area contributed by atoms with E-state index < -0.39 is 0 Å². The van der Waals surface area contributed by atoms with E-state index in [2.05, 4.69) is 52.4 Å². The van der Waals surface area contributed by atoms with Gasteiger partial charge in [-0.25, -0.2) is 0 Å². The second kappa shape index (κ2) is 5.91. The van der Waals surface area contributed by atoms with E-state index in [1.165, 1.54) is 11.1 Å². The largest absolute Gasteiger partial charge is 0.397 e. The van der Waals surface area contributed by atoms with Crippen LogP contribution in [0.3, 0.4) is 0 Å². The summed E-state index contributed by atoms with van der Waals surface area (Å²) >= 11 is 3.56. The first kappa shape index (κ1) is 13.0. The molecule has 0 unspecified atom stereocenters. The first-order valence-corrected chi connectivity index (χ1v) is 6.79. The number of aryl methyl sites for hydroxylation is 1. The minimum absolute atomic E-state index is 0.799. The molecule has 2 rings (SSSR count). The zero-order chi connectivity index (χ0) is 13.0. The fourth-order valence-corrected chi connectivity index (χ4v) is 2.34. The van der Waals surface area contributed by atoms with Crippen LogP contribution in [-0.2, 0) is 6.42 Å². The average molecular weight is 305 g/mol. The maximum Gasteiger partial charge on any atom is 0.0576 e. The minimum Gasteiger partial charge on any atom is -0.397 e. The van der Waals surface area contributed by atoms with E-state index in [1.807, 2.05) is 18.2 Å². The van der Waals surface area contributed by atoms with Gasteiger partial charge in [0.15, 0.2) is 0 Å². The van der Waals surface area contributed by atoms with Crippen LogP contribution in [-0.4, -0.2) is 6.54 Å². The molecule has 0 aromatic heterocycles. The van der Waals surface area contributed by atoms with Crippen LogP contribution >= 0.6 is 15.9 Å². The van der Waals surface area contributed by atoms with Crippen molar-refractivity contribution in [3.05, 3.63) is 58.1 Å². The predicted molar refractivity (Wildman–Crippen MR) is 81.9 cm³/mol. The summed E-state index contributed by atoms with van der Waals surface area (Å²) in [5.74, 6) is 0. The lowest BCUT2D eigenvalue weighted by Crippen LogP contribution is -2.07. The van der Waals surface area contributed by atoms with Gasteiger partial charge in [0.05, 0.1) is 11.4 Å². The Hall–Kier alpha value is -1.48. The molecule has 0 bridgehead atoms. The molecule has 3 N–H and O–H groups in total. The summed E-state index contributed by atoms with van der Waals surface area (Å²) in [5.41, 5.74) is 10.3. The van der Waals surface area contributed by atoms with Crippen LogP contribution in [0.25, 0.3) is 0 Å². The van der Waals surface area contributed by atoms with Gasteiger partial charge in [-0.2, -0.15) is 0 Å². The molecule has 0 radical (unpaired) electrons. The van der Waals surface area contributed by atoms with E-state index in [-0.39, 0.29) is 0 Å². The lowest BCUT2D eigenvalue weighted by Gasteiger charge is -2.10. The van der Waals surface area contributed by atoms with Crippen LogP contribution < -0.4 is 11.1 Å². The van der Waals surface area contributed by atoms with Crippen LogP contribution in [0.2, 0.25) is 0 Å². The molecule has 0 atom stereocenters. The number of rotatable bonds is 4. The molecule has 0 amide bonds. The molecule has 2 nitrogen and oxygen atoms in total. The smallest absolute Gasteiger partial charge is 0.0576 e. The minimum atomic E-state index is 0.799. The summed E-state index contributed by atoms with van der Waals surface area (Å²) in [6.45, 7) is 2.94. The monoisotopic (exact) mass is 304 g/mol. The van der Waals surface area contributed by atoms with Crippen molar-refractivity contribution in [2.45, 2.75) is 13.3 Å². The van der Waals surface area contributed by atoms with E-state index in [0.29, 0.717) is 0 Å². The SMILES string of the molecule is Cc1ccc(N)c(NCCc2ccccc2Br)c1. The maximum atomic E-state index is 5.93. The quantitative estimate of drug-likeness (QED) is 0.838. The fraction of sp³-hybridized carbons (Fsp3) is 0.200. The highest BCUT2D eigenvalue weighted by Crippen LogP contribution is 2.20. The number of benzene rings is 2. The molecule has 2 aromatic rings. The molecule has 0 aliphatic carbocycles. The van der Waals surface area contributed by atoms with Crippen molar-refractivity contribution in [3.63, 3.8) is 0 Å². The summed E-state index contributed by atoms with van der Waals surface area (Å²) in [6, 6.07) is 14.3. The Labute approximate surface area is 116 Å². The van der Waals surface area contributed by atoms with Gasteiger partial charge in [-0.15, -0.1) is 0 Å². The fourth-order valence-electron chi connectivity index (χ4n) is 1.86. The Balaban J connectivity index is 1.96. The van der Waals surface area contributed by atoms with Crippen molar-refractivity contribution < 1.29 is 0 Å². The highest BCUT2D eigenvalue weighted by molar-refractivity contribution is 9.10. The molecular weight excluding hydrogens is 288 g/mol. The molecule has 0 aliphatic rings. The molecule has 3 heteroatoms. The summed E-state index contributed by atoms with van der Waals surface area (Å²) in [6.07, 6.45) is 0.967. The van der Waals surface area contributed by atoms with Gasteiger partial charge in [0, 0.05) is 11.0 Å². The average Bonchev–Trinajstić information content (AvgIpc) is 2.36. The summed E-state index contributed by atoms with van der Waals surface area (Å²) < 4.78 is 1.16. The van der Waals surface area contributed by atoms with Crippen molar-refractivity contribution in [2.75, 3.05) is 17.6 Å². The lowest BCUT2D eigenvalue weighted by atomic mass is 10.1. The topological polar surface area (TPSA) is 38.0 Å². The predicted octanol–water partition coefficient (Wildman–Crippen LogP) is 3.99. The molecule has 2 aromatic carbocycles. The molecule has 0 spiro atoms. The zero-order valence-corrected chi connectivity index (χ0v) is 12.0. The van der Waals surface area contributed by atoms with Crippen LogP contribution in [0.15, 0.2) is 46.9 Å². The van der Waals surface area contributed by atoms with Crippen molar-refractivity contribution >= 4 is 27.3 Å². The Morgan fingerprint density at radius 3 is 2.72 bits per heavy atom. The maximum absolute atomic E-state index is 5.93. The van der Waals surface area contributed by atoms with Crippen LogP contribution in [0.1, 0.15) is 11.1 Å². The van der Waals surface area contributed by atoms with E-state index in [0.717, 1.165) is 28.8 Å². The van der Waals surface area contributed by atoms with Gasteiger partial charge in [0.1, 0.15) is 0 Å². The number of anilines is 2. The van der Waals surface area contributed by atoms with Crippen molar-refractivity contribution in [1.82, 2.24) is 0 Å². The van der Waals surface area contributed by atoms with Gasteiger partial charge in [-0.3, -0.25) is 0 Å². The van der Waals surface area contributed by atoms with Crippen LogP contribution in [0.5, 0.6) is 0 Å². The van der Waals surface area contributed by atoms with E-state index >= 15 is 0 Å².